The molecule has 7 nitrogen and oxygen atoms in total. The van der Waals surface area contributed by atoms with Crippen LogP contribution in [0.2, 0.25) is 0 Å². The van der Waals surface area contributed by atoms with Crippen molar-refractivity contribution in [2.45, 2.75) is 38.4 Å². The number of rotatable bonds is 4. The van der Waals surface area contributed by atoms with Crippen molar-refractivity contribution in [2.75, 3.05) is 32.7 Å². The van der Waals surface area contributed by atoms with Crippen molar-refractivity contribution >= 4 is 17.0 Å². The Labute approximate surface area is 160 Å². The quantitative estimate of drug-likeness (QED) is 0.819. The molecule has 0 aliphatic carbocycles. The van der Waals surface area contributed by atoms with Crippen molar-refractivity contribution in [3.8, 4) is 0 Å². The minimum atomic E-state index is -4.43. The van der Waals surface area contributed by atoms with Gasteiger partial charge in [-0.05, 0) is 6.07 Å². The second kappa shape index (κ2) is 7.67. The molecule has 1 atom stereocenters. The second-order valence-corrected chi connectivity index (χ2v) is 7.91. The van der Waals surface area contributed by atoms with E-state index in [2.05, 4.69) is 20.8 Å². The van der Waals surface area contributed by atoms with Gasteiger partial charge in [-0.2, -0.15) is 13.2 Å². The summed E-state index contributed by atoms with van der Waals surface area (Å²) in [6.07, 6.45) is -3.15. The number of halogens is 3. The molecule has 3 heterocycles. The third-order valence-electron chi connectivity index (χ3n) is 4.73. The van der Waals surface area contributed by atoms with E-state index in [9.17, 15) is 18.0 Å². The third kappa shape index (κ3) is 4.44. The summed E-state index contributed by atoms with van der Waals surface area (Å²) >= 11 is 0. The molecule has 2 N–H and O–H groups in total. The Kier molecular flexibility index (Phi) is 5.62. The summed E-state index contributed by atoms with van der Waals surface area (Å²) in [6, 6.07) is -0.168. The van der Waals surface area contributed by atoms with E-state index >= 15 is 0 Å². The molecule has 1 unspecified atom stereocenters. The van der Waals surface area contributed by atoms with E-state index in [4.69, 9.17) is 4.52 Å². The number of alkyl halides is 3. The number of carbonyl (C=O) groups excluding carboxylic acids is 1. The molecule has 1 amide bonds. The SMILES string of the molecule is CC(C)(C)c1noc2ncc(C(=O)NCC(N3CCNCC3)C(F)(F)F)cc12. The molecular weight excluding hydrogens is 375 g/mol. The van der Waals surface area contributed by atoms with Crippen molar-refractivity contribution in [1.82, 2.24) is 25.7 Å². The zero-order chi connectivity index (χ0) is 20.5. The van der Waals surface area contributed by atoms with Gasteiger partial charge in [0.1, 0.15) is 6.04 Å². The molecule has 1 aliphatic rings. The topological polar surface area (TPSA) is 83.3 Å². The summed E-state index contributed by atoms with van der Waals surface area (Å²) in [5, 5.41) is 10.0. The summed E-state index contributed by atoms with van der Waals surface area (Å²) in [5.74, 6) is -0.611. The average Bonchev–Trinajstić information content (AvgIpc) is 3.05. The Morgan fingerprint density at radius 2 is 2.00 bits per heavy atom. The van der Waals surface area contributed by atoms with Crippen molar-refractivity contribution in [1.29, 1.82) is 0 Å². The zero-order valence-electron chi connectivity index (χ0n) is 16.1. The lowest BCUT2D eigenvalue weighted by molar-refractivity contribution is -0.183. The molecule has 2 aromatic rings. The van der Waals surface area contributed by atoms with Crippen LogP contribution < -0.4 is 10.6 Å². The molecule has 2 aromatic heterocycles. The third-order valence-corrected chi connectivity index (χ3v) is 4.73. The first-order valence-electron chi connectivity index (χ1n) is 9.13. The van der Waals surface area contributed by atoms with E-state index in [1.54, 1.807) is 6.07 Å². The Morgan fingerprint density at radius 3 is 2.61 bits per heavy atom. The molecule has 0 aromatic carbocycles. The first-order chi connectivity index (χ1) is 13.1. The van der Waals surface area contributed by atoms with Crippen molar-refractivity contribution in [3.63, 3.8) is 0 Å². The fourth-order valence-corrected chi connectivity index (χ4v) is 3.23. The van der Waals surface area contributed by atoms with E-state index in [0.717, 1.165) is 0 Å². The van der Waals surface area contributed by atoms with Crippen LogP contribution in [0, 0.1) is 0 Å². The van der Waals surface area contributed by atoms with Crippen LogP contribution >= 0.6 is 0 Å². The van der Waals surface area contributed by atoms with E-state index in [-0.39, 0.29) is 29.8 Å². The first-order valence-corrected chi connectivity index (χ1v) is 9.13. The van der Waals surface area contributed by atoms with Gasteiger partial charge in [0.15, 0.2) is 0 Å². The highest BCUT2D eigenvalue weighted by Gasteiger charge is 2.43. The summed E-state index contributed by atoms with van der Waals surface area (Å²) in [5.41, 5.74) is 0.766. The number of hydrogen-bond acceptors (Lipinski definition) is 6. The molecular formula is C18H24F3N5O2. The number of fused-ring (bicyclic) bond motifs is 1. The summed E-state index contributed by atoms with van der Waals surface area (Å²) in [7, 11) is 0. The Morgan fingerprint density at radius 1 is 1.32 bits per heavy atom. The van der Waals surface area contributed by atoms with E-state index in [1.165, 1.54) is 11.1 Å². The lowest BCUT2D eigenvalue weighted by atomic mass is 9.90. The van der Waals surface area contributed by atoms with Gasteiger partial charge in [-0.1, -0.05) is 25.9 Å². The van der Waals surface area contributed by atoms with Crippen LogP contribution in [-0.2, 0) is 5.41 Å². The maximum atomic E-state index is 13.5. The maximum absolute atomic E-state index is 13.5. The van der Waals surface area contributed by atoms with Gasteiger partial charge in [-0.25, -0.2) is 4.98 Å². The van der Waals surface area contributed by atoms with Gasteiger partial charge in [0, 0.05) is 44.3 Å². The highest BCUT2D eigenvalue weighted by molar-refractivity contribution is 5.97. The predicted molar refractivity (Wildman–Crippen MR) is 97.1 cm³/mol. The first kappa shape index (κ1) is 20.5. The summed E-state index contributed by atoms with van der Waals surface area (Å²) < 4.78 is 45.6. The highest BCUT2D eigenvalue weighted by Crippen LogP contribution is 2.29. The van der Waals surface area contributed by atoms with Gasteiger partial charge >= 0.3 is 6.18 Å². The Balaban J connectivity index is 1.76. The molecule has 0 spiro atoms. The largest absolute Gasteiger partial charge is 0.405 e. The molecule has 10 heteroatoms. The molecule has 28 heavy (non-hydrogen) atoms. The lowest BCUT2D eigenvalue weighted by Gasteiger charge is -2.35. The van der Waals surface area contributed by atoms with Gasteiger partial charge in [-0.15, -0.1) is 0 Å². The Bertz CT molecular complexity index is 838. The number of nitrogens with zero attached hydrogens (tertiary/aromatic N) is 3. The average molecular weight is 399 g/mol. The standard InChI is InChI=1S/C18H24F3N5O2/c1-17(2,3)14-12-8-11(9-24-16(12)28-25-14)15(27)23-10-13(18(19,20)21)26-6-4-22-5-7-26/h8-9,13,22H,4-7,10H2,1-3H3,(H,23,27). The van der Waals surface area contributed by atoms with Crippen LogP contribution in [0.1, 0.15) is 36.8 Å². The smallest absolute Gasteiger partial charge is 0.350 e. The van der Waals surface area contributed by atoms with Crippen LogP contribution in [0.4, 0.5) is 13.2 Å². The second-order valence-electron chi connectivity index (χ2n) is 7.91. The molecule has 0 radical (unpaired) electrons. The fourth-order valence-electron chi connectivity index (χ4n) is 3.23. The highest BCUT2D eigenvalue weighted by atomic mass is 19.4. The number of aromatic nitrogens is 2. The van der Waals surface area contributed by atoms with Gasteiger partial charge in [0.05, 0.1) is 16.6 Å². The van der Waals surface area contributed by atoms with Gasteiger partial charge in [-0.3, -0.25) is 9.69 Å². The van der Waals surface area contributed by atoms with Crippen LogP contribution in [0.25, 0.3) is 11.1 Å². The molecule has 3 rings (SSSR count). The number of nitrogens with one attached hydrogen (secondary N) is 2. The van der Waals surface area contributed by atoms with Crippen LogP contribution in [0.3, 0.4) is 0 Å². The van der Waals surface area contributed by atoms with Gasteiger partial charge in [0.2, 0.25) is 0 Å². The van der Waals surface area contributed by atoms with Crippen LogP contribution in [-0.4, -0.2) is 65.9 Å². The van der Waals surface area contributed by atoms with Crippen molar-refractivity contribution in [3.05, 3.63) is 23.5 Å². The number of carbonyl (C=O) groups is 1. The zero-order valence-corrected chi connectivity index (χ0v) is 16.1. The van der Waals surface area contributed by atoms with Gasteiger partial charge in [0.25, 0.3) is 11.6 Å². The van der Waals surface area contributed by atoms with E-state index < -0.39 is 24.7 Å². The fraction of sp³-hybridized carbons (Fsp3) is 0.611. The number of piperazine rings is 1. The molecule has 1 saturated heterocycles. The normalized spacial score (nSPS) is 17.6. The minimum Gasteiger partial charge on any atom is -0.350 e. The van der Waals surface area contributed by atoms with Crippen molar-refractivity contribution in [2.24, 2.45) is 0 Å². The van der Waals surface area contributed by atoms with E-state index in [0.29, 0.717) is 24.2 Å². The molecule has 1 fully saturated rings. The number of pyridine rings is 1. The summed E-state index contributed by atoms with van der Waals surface area (Å²) in [4.78, 5) is 17.9. The van der Waals surface area contributed by atoms with Crippen LogP contribution in [0.15, 0.2) is 16.8 Å². The lowest BCUT2D eigenvalue weighted by Crippen LogP contribution is -2.57. The minimum absolute atomic E-state index is 0.169. The molecule has 0 saturated carbocycles. The maximum Gasteiger partial charge on any atom is 0.405 e. The van der Waals surface area contributed by atoms with Crippen molar-refractivity contribution < 1.29 is 22.5 Å². The predicted octanol–water partition coefficient (Wildman–Crippen LogP) is 2.09. The Hall–Kier alpha value is -2.20. The molecule has 1 aliphatic heterocycles. The monoisotopic (exact) mass is 399 g/mol. The number of amides is 1. The molecule has 154 valence electrons. The number of hydrogen-bond donors (Lipinski definition) is 2. The van der Waals surface area contributed by atoms with Gasteiger partial charge < -0.3 is 15.2 Å². The van der Waals surface area contributed by atoms with Crippen LogP contribution in [0.5, 0.6) is 0 Å². The molecule has 0 bridgehead atoms. The summed E-state index contributed by atoms with van der Waals surface area (Å²) in [6.45, 7) is 6.85. The van der Waals surface area contributed by atoms with E-state index in [1.807, 2.05) is 20.8 Å².